The lowest BCUT2D eigenvalue weighted by Gasteiger charge is -2.32. The number of carbonyl (C=O) groups is 2. The van der Waals surface area contributed by atoms with Crippen molar-refractivity contribution in [2.75, 3.05) is 19.7 Å². The SMILES string of the molecule is CCC=C(C)C(=O)N1CCOC(CC(=O)O)C1. The maximum absolute atomic E-state index is 12.0. The predicted octanol–water partition coefficient (Wildman–Crippen LogP) is 1.04. The highest BCUT2D eigenvalue weighted by atomic mass is 16.5. The molecule has 0 aliphatic carbocycles. The first-order valence-corrected chi connectivity index (χ1v) is 5.84. The molecule has 1 amide bonds. The van der Waals surface area contributed by atoms with E-state index in [1.54, 1.807) is 11.8 Å². The van der Waals surface area contributed by atoms with Gasteiger partial charge >= 0.3 is 5.97 Å². The summed E-state index contributed by atoms with van der Waals surface area (Å²) >= 11 is 0. The van der Waals surface area contributed by atoms with Gasteiger partial charge in [-0.15, -0.1) is 0 Å². The molecule has 1 atom stereocenters. The Balaban J connectivity index is 2.57. The van der Waals surface area contributed by atoms with E-state index in [9.17, 15) is 9.59 Å². The summed E-state index contributed by atoms with van der Waals surface area (Å²) in [5.41, 5.74) is 0.712. The fraction of sp³-hybridized carbons (Fsp3) is 0.667. The van der Waals surface area contributed by atoms with Crippen LogP contribution in [-0.4, -0.2) is 47.7 Å². The van der Waals surface area contributed by atoms with Gasteiger partial charge in [-0.2, -0.15) is 0 Å². The number of rotatable bonds is 4. The molecule has 17 heavy (non-hydrogen) atoms. The number of carboxylic acids is 1. The van der Waals surface area contributed by atoms with Crippen LogP contribution in [-0.2, 0) is 14.3 Å². The van der Waals surface area contributed by atoms with Crippen LogP contribution in [0.1, 0.15) is 26.7 Å². The fourth-order valence-electron chi connectivity index (χ4n) is 1.86. The lowest BCUT2D eigenvalue weighted by Crippen LogP contribution is -2.46. The molecule has 0 spiro atoms. The quantitative estimate of drug-likeness (QED) is 0.747. The molecule has 1 N–H and O–H groups in total. The third kappa shape index (κ3) is 4.19. The van der Waals surface area contributed by atoms with Crippen molar-refractivity contribution in [2.45, 2.75) is 32.8 Å². The standard InChI is InChI=1S/C12H19NO4/c1-3-4-9(2)12(16)13-5-6-17-10(8-13)7-11(14)15/h4,10H,3,5-8H2,1-2H3,(H,14,15). The Bertz CT molecular complexity index is 324. The number of carboxylic acid groups (broad SMARTS) is 1. The van der Waals surface area contributed by atoms with Gasteiger partial charge in [0, 0.05) is 18.7 Å². The normalized spacial score (nSPS) is 21.4. The van der Waals surface area contributed by atoms with Gasteiger partial charge in [0.25, 0.3) is 0 Å². The van der Waals surface area contributed by atoms with Gasteiger partial charge in [-0.3, -0.25) is 9.59 Å². The van der Waals surface area contributed by atoms with E-state index in [4.69, 9.17) is 9.84 Å². The van der Waals surface area contributed by atoms with E-state index in [0.717, 1.165) is 6.42 Å². The maximum Gasteiger partial charge on any atom is 0.306 e. The van der Waals surface area contributed by atoms with Gasteiger partial charge in [0.1, 0.15) is 0 Å². The molecule has 1 rings (SSSR count). The number of hydrogen-bond acceptors (Lipinski definition) is 3. The summed E-state index contributed by atoms with van der Waals surface area (Å²) in [6.45, 7) is 5.06. The van der Waals surface area contributed by atoms with E-state index in [2.05, 4.69) is 0 Å². The second-order valence-corrected chi connectivity index (χ2v) is 4.14. The van der Waals surface area contributed by atoms with Crippen LogP contribution in [0.5, 0.6) is 0 Å². The first-order chi connectivity index (χ1) is 8.04. The number of morpholine rings is 1. The smallest absolute Gasteiger partial charge is 0.306 e. The molecular weight excluding hydrogens is 222 g/mol. The van der Waals surface area contributed by atoms with Crippen LogP contribution >= 0.6 is 0 Å². The predicted molar refractivity (Wildman–Crippen MR) is 62.6 cm³/mol. The van der Waals surface area contributed by atoms with E-state index in [0.29, 0.717) is 25.3 Å². The van der Waals surface area contributed by atoms with Gasteiger partial charge in [-0.25, -0.2) is 0 Å². The number of aliphatic carboxylic acids is 1. The van der Waals surface area contributed by atoms with Crippen LogP contribution < -0.4 is 0 Å². The van der Waals surface area contributed by atoms with Gasteiger partial charge < -0.3 is 14.7 Å². The summed E-state index contributed by atoms with van der Waals surface area (Å²) in [7, 11) is 0. The van der Waals surface area contributed by atoms with Crippen LogP contribution in [0, 0.1) is 0 Å². The zero-order chi connectivity index (χ0) is 12.8. The van der Waals surface area contributed by atoms with Gasteiger partial charge in [0.05, 0.1) is 19.1 Å². The Labute approximate surface area is 101 Å². The average Bonchev–Trinajstić information content (AvgIpc) is 2.28. The molecule has 0 radical (unpaired) electrons. The summed E-state index contributed by atoms with van der Waals surface area (Å²) in [4.78, 5) is 24.2. The summed E-state index contributed by atoms with van der Waals surface area (Å²) in [5.74, 6) is -0.921. The van der Waals surface area contributed by atoms with Crippen LogP contribution in [0.4, 0.5) is 0 Å². The monoisotopic (exact) mass is 241 g/mol. The third-order valence-electron chi connectivity index (χ3n) is 2.68. The Morgan fingerprint density at radius 2 is 2.24 bits per heavy atom. The number of allylic oxidation sites excluding steroid dienone is 1. The molecule has 96 valence electrons. The summed E-state index contributed by atoms with van der Waals surface area (Å²) in [6, 6.07) is 0. The fourth-order valence-corrected chi connectivity index (χ4v) is 1.86. The second kappa shape index (κ2) is 6.39. The minimum atomic E-state index is -0.898. The highest BCUT2D eigenvalue weighted by Crippen LogP contribution is 2.12. The molecule has 0 aromatic rings. The molecule has 1 fully saturated rings. The van der Waals surface area contributed by atoms with Crippen molar-refractivity contribution >= 4 is 11.9 Å². The lowest BCUT2D eigenvalue weighted by atomic mass is 10.1. The second-order valence-electron chi connectivity index (χ2n) is 4.14. The molecule has 0 aromatic carbocycles. The van der Waals surface area contributed by atoms with Crippen LogP contribution in [0.15, 0.2) is 11.6 Å². The number of nitrogens with zero attached hydrogens (tertiary/aromatic N) is 1. The summed E-state index contributed by atoms with van der Waals surface area (Å²) in [5, 5.41) is 8.69. The van der Waals surface area contributed by atoms with Crippen molar-refractivity contribution in [1.29, 1.82) is 0 Å². The van der Waals surface area contributed by atoms with Crippen LogP contribution in [0.3, 0.4) is 0 Å². The third-order valence-corrected chi connectivity index (χ3v) is 2.68. The molecule has 0 bridgehead atoms. The molecule has 1 saturated heterocycles. The zero-order valence-corrected chi connectivity index (χ0v) is 10.3. The Morgan fingerprint density at radius 1 is 1.53 bits per heavy atom. The number of ether oxygens (including phenoxy) is 1. The van der Waals surface area contributed by atoms with Gasteiger partial charge in [-0.05, 0) is 13.3 Å². The van der Waals surface area contributed by atoms with Crippen LogP contribution in [0.25, 0.3) is 0 Å². The molecule has 0 saturated carbocycles. The minimum absolute atomic E-state index is 0.0226. The maximum atomic E-state index is 12.0. The van der Waals surface area contributed by atoms with Gasteiger partial charge in [0.2, 0.25) is 5.91 Å². The summed E-state index contributed by atoms with van der Waals surface area (Å²) < 4.78 is 5.31. The highest BCUT2D eigenvalue weighted by Gasteiger charge is 2.26. The van der Waals surface area contributed by atoms with Gasteiger partial charge in [0.15, 0.2) is 0 Å². The molecule has 1 unspecified atom stereocenters. The van der Waals surface area contributed by atoms with E-state index in [1.165, 1.54) is 0 Å². The zero-order valence-electron chi connectivity index (χ0n) is 10.3. The van der Waals surface area contributed by atoms with Crippen molar-refractivity contribution in [3.05, 3.63) is 11.6 Å². The summed E-state index contributed by atoms with van der Waals surface area (Å²) in [6.07, 6.45) is 2.25. The number of carbonyl (C=O) groups excluding carboxylic acids is 1. The molecule has 1 heterocycles. The minimum Gasteiger partial charge on any atom is -0.481 e. The van der Waals surface area contributed by atoms with E-state index < -0.39 is 5.97 Å². The van der Waals surface area contributed by atoms with E-state index in [1.807, 2.05) is 13.0 Å². The van der Waals surface area contributed by atoms with Gasteiger partial charge in [-0.1, -0.05) is 13.0 Å². The van der Waals surface area contributed by atoms with E-state index >= 15 is 0 Å². The molecule has 5 nitrogen and oxygen atoms in total. The van der Waals surface area contributed by atoms with Crippen molar-refractivity contribution < 1.29 is 19.4 Å². The van der Waals surface area contributed by atoms with Crippen molar-refractivity contribution in [3.63, 3.8) is 0 Å². The van der Waals surface area contributed by atoms with Crippen molar-refractivity contribution in [1.82, 2.24) is 4.90 Å². The largest absolute Gasteiger partial charge is 0.481 e. The Kier molecular flexibility index (Phi) is 5.15. The Morgan fingerprint density at radius 3 is 2.82 bits per heavy atom. The molecule has 0 aromatic heterocycles. The number of amides is 1. The topological polar surface area (TPSA) is 66.8 Å². The molecule has 1 aliphatic heterocycles. The van der Waals surface area contributed by atoms with E-state index in [-0.39, 0.29) is 18.4 Å². The number of hydrogen-bond donors (Lipinski definition) is 1. The molecule has 1 aliphatic rings. The lowest BCUT2D eigenvalue weighted by molar-refractivity contribution is -0.146. The molecule has 5 heteroatoms. The Hall–Kier alpha value is -1.36. The average molecular weight is 241 g/mol. The van der Waals surface area contributed by atoms with Crippen molar-refractivity contribution in [2.24, 2.45) is 0 Å². The first-order valence-electron chi connectivity index (χ1n) is 5.84. The van der Waals surface area contributed by atoms with Crippen molar-refractivity contribution in [3.8, 4) is 0 Å². The highest BCUT2D eigenvalue weighted by molar-refractivity contribution is 5.92. The molecular formula is C12H19NO4. The first kappa shape index (κ1) is 13.7. The van der Waals surface area contributed by atoms with Crippen LogP contribution in [0.2, 0.25) is 0 Å².